The number of nitrogens with zero attached hydrogens (tertiary/aromatic N) is 2. The highest BCUT2D eigenvalue weighted by molar-refractivity contribution is 6.74. The van der Waals surface area contributed by atoms with E-state index in [2.05, 4.69) is 82.4 Å². The summed E-state index contributed by atoms with van der Waals surface area (Å²) in [6.07, 6.45) is 0.171. The second kappa shape index (κ2) is 12.6. The van der Waals surface area contributed by atoms with Gasteiger partial charge in [-0.05, 0) is 65.9 Å². The molecule has 1 aliphatic rings. The molecule has 6 nitrogen and oxygen atoms in total. The number of anilines is 2. The molecule has 0 radical (unpaired) electrons. The van der Waals surface area contributed by atoms with Gasteiger partial charge in [0.1, 0.15) is 6.61 Å². The minimum atomic E-state index is -1.94. The number of carbonyl (C=O) groups is 1. The van der Waals surface area contributed by atoms with Crippen molar-refractivity contribution in [2.24, 2.45) is 0 Å². The van der Waals surface area contributed by atoms with E-state index in [-0.39, 0.29) is 30.0 Å². The van der Waals surface area contributed by atoms with Crippen molar-refractivity contribution in [3.05, 3.63) is 93.5 Å². The van der Waals surface area contributed by atoms with Crippen LogP contribution in [-0.4, -0.2) is 33.0 Å². The lowest BCUT2D eigenvalue weighted by Gasteiger charge is -2.36. The van der Waals surface area contributed by atoms with Crippen LogP contribution in [0.3, 0.4) is 0 Å². The number of aryl methyl sites for hydroxylation is 1. The lowest BCUT2D eigenvalue weighted by Crippen LogP contribution is -2.40. The highest BCUT2D eigenvalue weighted by Gasteiger charge is 2.37. The molecule has 0 spiro atoms. The minimum absolute atomic E-state index is 0.119. The maximum atomic E-state index is 13.3. The second-order valence-corrected chi connectivity index (χ2v) is 17.5. The van der Waals surface area contributed by atoms with Crippen molar-refractivity contribution in [3.8, 4) is 0 Å². The third-order valence-corrected chi connectivity index (χ3v) is 13.4. The molecule has 1 aliphatic heterocycles. The Morgan fingerprint density at radius 3 is 2.41 bits per heavy atom. The summed E-state index contributed by atoms with van der Waals surface area (Å²) in [5, 5.41) is 4.79. The van der Waals surface area contributed by atoms with E-state index < -0.39 is 8.32 Å². The molecule has 4 rings (SSSR count). The summed E-state index contributed by atoms with van der Waals surface area (Å²) in [4.78, 5) is 13.3. The fourth-order valence-corrected chi connectivity index (χ4v) is 6.13. The van der Waals surface area contributed by atoms with Crippen molar-refractivity contribution in [2.45, 2.75) is 78.3 Å². The molecule has 220 valence electrons. The quantitative estimate of drug-likeness (QED) is 0.188. The Morgan fingerprint density at radius 2 is 1.76 bits per heavy atom. The number of esters is 1. The number of hydrazine groups is 2. The van der Waals surface area contributed by atoms with Crippen LogP contribution >= 0.6 is 11.6 Å². The average molecular weight is 594 g/mol. The number of hydrogen-bond donors (Lipinski definition) is 1. The van der Waals surface area contributed by atoms with Gasteiger partial charge < -0.3 is 9.16 Å². The molecule has 41 heavy (non-hydrogen) atoms. The smallest absolute Gasteiger partial charge is 0.307 e. The third kappa shape index (κ3) is 6.97. The van der Waals surface area contributed by atoms with Crippen LogP contribution in [0, 0.1) is 6.92 Å². The van der Waals surface area contributed by atoms with Crippen LogP contribution in [0.5, 0.6) is 0 Å². The van der Waals surface area contributed by atoms with Crippen molar-refractivity contribution in [1.82, 2.24) is 5.12 Å². The molecule has 3 aromatic rings. The van der Waals surface area contributed by atoms with Gasteiger partial charge in [-0.3, -0.25) is 15.2 Å². The van der Waals surface area contributed by atoms with Gasteiger partial charge in [0.15, 0.2) is 8.32 Å². The third-order valence-electron chi connectivity index (χ3n) is 8.52. The topological polar surface area (TPSA) is 54.0 Å². The van der Waals surface area contributed by atoms with Crippen LogP contribution in [0.2, 0.25) is 23.2 Å². The molecule has 0 unspecified atom stereocenters. The van der Waals surface area contributed by atoms with Gasteiger partial charge in [0, 0.05) is 19.5 Å². The van der Waals surface area contributed by atoms with E-state index in [9.17, 15) is 4.79 Å². The van der Waals surface area contributed by atoms with Crippen LogP contribution in [-0.2, 0) is 27.2 Å². The first-order valence-corrected chi connectivity index (χ1v) is 17.6. The Labute approximate surface area is 251 Å². The number of nitrogens with one attached hydrogen (secondary N) is 1. The normalized spacial score (nSPS) is 14.5. The summed E-state index contributed by atoms with van der Waals surface area (Å²) in [7, 11) is 0.0263. The number of ether oxygens (including phenoxy) is 1. The van der Waals surface area contributed by atoms with Gasteiger partial charge in [0.2, 0.25) is 0 Å². The fraction of sp³-hybridized carbons (Fsp3) is 0.424. The first kappa shape index (κ1) is 31.1. The lowest BCUT2D eigenvalue weighted by atomic mass is 9.86. The summed E-state index contributed by atoms with van der Waals surface area (Å²) in [6.45, 7) is 17.1. The summed E-state index contributed by atoms with van der Waals surface area (Å²) in [6, 6.07) is 20.3. The van der Waals surface area contributed by atoms with Gasteiger partial charge >= 0.3 is 5.97 Å². The second-order valence-electron chi connectivity index (χ2n) is 12.4. The number of fused-ring (bicyclic) bond motifs is 1. The van der Waals surface area contributed by atoms with Crippen LogP contribution < -0.4 is 10.4 Å². The maximum Gasteiger partial charge on any atom is 0.307 e. The van der Waals surface area contributed by atoms with Gasteiger partial charge in [-0.15, -0.1) is 5.12 Å². The zero-order valence-electron chi connectivity index (χ0n) is 25.7. The highest BCUT2D eigenvalue weighted by Crippen LogP contribution is 2.45. The SMILES string of the molecule is CCN1c2ccc([C@@H](CC(=O)OCc3ccccc3)c3ccc(C)c(CO[Si](C)(C)C(C)(C)C)c3)c(Cl)c2NN1C. The molecular formula is C33H44ClN3O3Si. The minimum Gasteiger partial charge on any atom is -0.461 e. The molecule has 0 saturated carbocycles. The van der Waals surface area contributed by atoms with Gasteiger partial charge in [-0.1, -0.05) is 87.0 Å². The van der Waals surface area contributed by atoms with Crippen molar-refractivity contribution in [3.63, 3.8) is 0 Å². The molecule has 3 aromatic carbocycles. The Bertz CT molecular complexity index is 1370. The molecule has 1 heterocycles. The fourth-order valence-electron chi connectivity index (χ4n) is 4.85. The van der Waals surface area contributed by atoms with E-state index in [0.717, 1.165) is 40.2 Å². The van der Waals surface area contributed by atoms with Crippen LogP contribution in [0.25, 0.3) is 0 Å². The number of benzene rings is 3. The summed E-state index contributed by atoms with van der Waals surface area (Å²) < 4.78 is 12.3. The van der Waals surface area contributed by atoms with E-state index in [1.807, 2.05) is 48.6 Å². The Balaban J connectivity index is 1.68. The Hall–Kier alpha value is -2.84. The maximum absolute atomic E-state index is 13.3. The first-order valence-electron chi connectivity index (χ1n) is 14.4. The van der Waals surface area contributed by atoms with E-state index in [4.69, 9.17) is 20.8 Å². The molecule has 0 saturated heterocycles. The number of carbonyl (C=O) groups excluding carboxylic acids is 1. The van der Waals surface area contributed by atoms with E-state index in [0.29, 0.717) is 11.6 Å². The van der Waals surface area contributed by atoms with Crippen molar-refractivity contribution >= 4 is 37.3 Å². The standard InChI is InChI=1S/C33H44ClN3O3Si/c1-9-37-29-18-17-27(31(34)32(29)35-36(37)6)28(20-30(38)39-21-24-13-11-10-12-14-24)25-16-15-23(2)26(19-25)22-40-41(7,8)33(3,4)5/h10-19,28,35H,9,20-22H2,1-8H3/t28-/m0/s1. The largest absolute Gasteiger partial charge is 0.461 e. The predicted octanol–water partition coefficient (Wildman–Crippen LogP) is 8.45. The Morgan fingerprint density at radius 1 is 1.05 bits per heavy atom. The number of rotatable bonds is 10. The van der Waals surface area contributed by atoms with Crippen molar-refractivity contribution in [2.75, 3.05) is 24.0 Å². The van der Waals surface area contributed by atoms with Crippen LogP contribution in [0.1, 0.15) is 67.9 Å². The monoisotopic (exact) mass is 593 g/mol. The van der Waals surface area contributed by atoms with Gasteiger partial charge in [0.05, 0.1) is 29.4 Å². The highest BCUT2D eigenvalue weighted by atomic mass is 35.5. The Kier molecular flexibility index (Phi) is 9.54. The van der Waals surface area contributed by atoms with Crippen LogP contribution in [0.4, 0.5) is 11.4 Å². The molecule has 1 atom stereocenters. The molecule has 0 amide bonds. The predicted molar refractivity (Wildman–Crippen MR) is 172 cm³/mol. The van der Waals surface area contributed by atoms with Crippen LogP contribution in [0.15, 0.2) is 60.7 Å². The molecule has 1 N–H and O–H groups in total. The zero-order valence-corrected chi connectivity index (χ0v) is 27.4. The van der Waals surface area contributed by atoms with Gasteiger partial charge in [-0.25, -0.2) is 0 Å². The molecule has 0 fully saturated rings. The molecule has 0 aromatic heterocycles. The molecular weight excluding hydrogens is 550 g/mol. The molecule has 8 heteroatoms. The van der Waals surface area contributed by atoms with Gasteiger partial charge in [0.25, 0.3) is 0 Å². The lowest BCUT2D eigenvalue weighted by molar-refractivity contribution is -0.145. The molecule has 0 aliphatic carbocycles. The van der Waals surface area contributed by atoms with E-state index in [1.54, 1.807) is 0 Å². The number of halogens is 1. The molecule has 0 bridgehead atoms. The summed E-state index contributed by atoms with van der Waals surface area (Å²) in [5.41, 5.74) is 10.4. The van der Waals surface area contributed by atoms with E-state index in [1.165, 1.54) is 5.56 Å². The summed E-state index contributed by atoms with van der Waals surface area (Å²) >= 11 is 7.10. The zero-order chi connectivity index (χ0) is 29.9. The van der Waals surface area contributed by atoms with Gasteiger partial charge in [-0.2, -0.15) is 0 Å². The van der Waals surface area contributed by atoms with E-state index >= 15 is 0 Å². The van der Waals surface area contributed by atoms with Crippen molar-refractivity contribution in [1.29, 1.82) is 0 Å². The first-order chi connectivity index (χ1) is 19.3. The number of hydrogen-bond acceptors (Lipinski definition) is 6. The summed E-state index contributed by atoms with van der Waals surface area (Å²) in [5.74, 6) is -0.554. The van der Waals surface area contributed by atoms with Crippen molar-refractivity contribution < 1.29 is 14.0 Å². The average Bonchev–Trinajstić information content (AvgIpc) is 3.26.